The Balaban J connectivity index is 1.76. The Morgan fingerprint density at radius 1 is 1.05 bits per heavy atom. The van der Waals surface area contributed by atoms with Crippen molar-refractivity contribution in [1.29, 1.82) is 0 Å². The lowest BCUT2D eigenvalue weighted by atomic mass is 9.67. The zero-order chi connectivity index (χ0) is 14.8. The first kappa shape index (κ1) is 15.8. The third kappa shape index (κ3) is 3.03. The number of hydrogen-bond acceptors (Lipinski definition) is 2. The van der Waals surface area contributed by atoms with E-state index in [1.807, 2.05) is 0 Å². The Labute approximate surface area is 131 Å². The Morgan fingerprint density at radius 3 is 2.33 bits per heavy atom. The molecule has 2 aliphatic carbocycles. The molecule has 2 saturated carbocycles. The topological polar surface area (TPSA) is 21.3 Å². The number of rotatable bonds is 5. The molecule has 1 aliphatic heterocycles. The highest BCUT2D eigenvalue weighted by Crippen LogP contribution is 2.50. The van der Waals surface area contributed by atoms with E-state index in [1.54, 1.807) is 0 Å². The molecule has 2 atom stereocenters. The second kappa shape index (κ2) is 6.58. The van der Waals surface area contributed by atoms with Gasteiger partial charge in [0.05, 0.1) is 5.60 Å². The van der Waals surface area contributed by atoms with Crippen LogP contribution >= 0.6 is 0 Å². The zero-order valence-corrected chi connectivity index (χ0v) is 14.3. The molecular formula is C19H35NO. The molecule has 3 rings (SSSR count). The van der Waals surface area contributed by atoms with Gasteiger partial charge in [-0.15, -0.1) is 0 Å². The summed E-state index contributed by atoms with van der Waals surface area (Å²) >= 11 is 0. The summed E-state index contributed by atoms with van der Waals surface area (Å²) in [6, 6.07) is 0.733. The Bertz CT molecular complexity index is 328. The molecule has 0 bridgehead atoms. The van der Waals surface area contributed by atoms with Crippen molar-refractivity contribution < 1.29 is 4.74 Å². The summed E-state index contributed by atoms with van der Waals surface area (Å²) in [5.41, 5.74) is 0.849. The van der Waals surface area contributed by atoms with Crippen molar-refractivity contribution in [2.75, 3.05) is 13.2 Å². The average molecular weight is 293 g/mol. The highest BCUT2D eigenvalue weighted by molar-refractivity contribution is 5.01. The van der Waals surface area contributed by atoms with Crippen LogP contribution in [-0.2, 0) is 4.74 Å². The molecule has 3 aliphatic rings. The largest absolute Gasteiger partial charge is 0.375 e. The second-order valence-electron chi connectivity index (χ2n) is 7.95. The molecule has 0 radical (unpaired) electrons. The van der Waals surface area contributed by atoms with Crippen LogP contribution in [0.2, 0.25) is 0 Å². The second-order valence-corrected chi connectivity index (χ2v) is 7.95. The van der Waals surface area contributed by atoms with Crippen LogP contribution in [0.25, 0.3) is 0 Å². The van der Waals surface area contributed by atoms with Crippen LogP contribution in [-0.4, -0.2) is 24.8 Å². The molecule has 1 spiro atoms. The van der Waals surface area contributed by atoms with Gasteiger partial charge in [-0.1, -0.05) is 39.5 Å². The van der Waals surface area contributed by atoms with Gasteiger partial charge in [0.25, 0.3) is 0 Å². The van der Waals surface area contributed by atoms with Gasteiger partial charge < -0.3 is 10.1 Å². The smallest absolute Gasteiger partial charge is 0.0685 e. The van der Waals surface area contributed by atoms with E-state index >= 15 is 0 Å². The molecule has 0 amide bonds. The summed E-state index contributed by atoms with van der Waals surface area (Å²) in [4.78, 5) is 0. The van der Waals surface area contributed by atoms with Crippen LogP contribution < -0.4 is 5.32 Å². The van der Waals surface area contributed by atoms with Crippen molar-refractivity contribution in [3.63, 3.8) is 0 Å². The van der Waals surface area contributed by atoms with Crippen molar-refractivity contribution in [3.05, 3.63) is 0 Å². The number of ether oxygens (including phenoxy) is 1. The van der Waals surface area contributed by atoms with Crippen molar-refractivity contribution in [3.8, 4) is 0 Å². The lowest BCUT2D eigenvalue weighted by Gasteiger charge is -2.48. The number of hydrogen-bond donors (Lipinski definition) is 1. The minimum atomic E-state index is 0.268. The Morgan fingerprint density at radius 2 is 1.71 bits per heavy atom. The van der Waals surface area contributed by atoms with E-state index in [4.69, 9.17) is 4.74 Å². The van der Waals surface area contributed by atoms with E-state index in [0.717, 1.165) is 25.1 Å². The predicted molar refractivity (Wildman–Crippen MR) is 88.5 cm³/mol. The van der Waals surface area contributed by atoms with E-state index in [2.05, 4.69) is 19.2 Å². The maximum absolute atomic E-state index is 6.29. The summed E-state index contributed by atoms with van der Waals surface area (Å²) in [6.07, 6.45) is 15.2. The molecule has 1 saturated heterocycles. The van der Waals surface area contributed by atoms with Gasteiger partial charge in [0.2, 0.25) is 0 Å². The third-order valence-electron chi connectivity index (χ3n) is 6.90. The molecule has 2 nitrogen and oxygen atoms in total. The highest BCUT2D eigenvalue weighted by atomic mass is 16.5. The molecule has 0 aromatic carbocycles. The monoisotopic (exact) mass is 293 g/mol. The van der Waals surface area contributed by atoms with Crippen molar-refractivity contribution in [2.24, 2.45) is 11.3 Å². The molecule has 2 heteroatoms. The Kier molecular flexibility index (Phi) is 4.95. The van der Waals surface area contributed by atoms with Crippen LogP contribution in [0.1, 0.15) is 84.5 Å². The van der Waals surface area contributed by atoms with E-state index in [9.17, 15) is 0 Å². The van der Waals surface area contributed by atoms with Crippen LogP contribution in [0.4, 0.5) is 0 Å². The lowest BCUT2D eigenvalue weighted by Crippen LogP contribution is -2.53. The average Bonchev–Trinajstić information content (AvgIpc) is 3.15. The zero-order valence-electron chi connectivity index (χ0n) is 14.3. The summed E-state index contributed by atoms with van der Waals surface area (Å²) in [5.74, 6) is 0.842. The van der Waals surface area contributed by atoms with E-state index < -0.39 is 0 Å². The molecule has 1 N–H and O–H groups in total. The van der Waals surface area contributed by atoms with Crippen molar-refractivity contribution in [1.82, 2.24) is 5.32 Å². The maximum Gasteiger partial charge on any atom is 0.0685 e. The molecule has 0 aromatic rings. The fourth-order valence-electron chi connectivity index (χ4n) is 5.78. The highest BCUT2D eigenvalue weighted by Gasteiger charge is 2.48. The Hall–Kier alpha value is -0.0800. The van der Waals surface area contributed by atoms with Crippen molar-refractivity contribution in [2.45, 2.75) is 96.1 Å². The quantitative estimate of drug-likeness (QED) is 0.795. The molecule has 3 fully saturated rings. The molecule has 21 heavy (non-hydrogen) atoms. The summed E-state index contributed by atoms with van der Waals surface area (Å²) in [5, 5.41) is 3.94. The first-order valence-corrected chi connectivity index (χ1v) is 9.61. The standard InChI is InChI=1S/C19H35NO/c1-3-18(10-5-6-11-18)17(20-4-2)16-9-14-21-19(15-16)12-7-8-13-19/h16-17,20H,3-15H2,1-2H3. The lowest BCUT2D eigenvalue weighted by molar-refractivity contribution is -0.106. The van der Waals surface area contributed by atoms with Gasteiger partial charge in [-0.2, -0.15) is 0 Å². The third-order valence-corrected chi connectivity index (χ3v) is 6.90. The van der Waals surface area contributed by atoms with E-state index in [-0.39, 0.29) is 5.60 Å². The predicted octanol–water partition coefficient (Wildman–Crippen LogP) is 4.67. The minimum absolute atomic E-state index is 0.268. The van der Waals surface area contributed by atoms with Gasteiger partial charge in [0.15, 0.2) is 0 Å². The maximum atomic E-state index is 6.29. The van der Waals surface area contributed by atoms with E-state index in [1.165, 1.54) is 70.6 Å². The molecule has 0 aromatic heterocycles. The number of nitrogens with one attached hydrogen (secondary N) is 1. The van der Waals surface area contributed by atoms with Crippen LogP contribution in [0, 0.1) is 11.3 Å². The molecule has 2 unspecified atom stereocenters. The van der Waals surface area contributed by atoms with Gasteiger partial charge in [-0.3, -0.25) is 0 Å². The molecule has 1 heterocycles. The normalized spacial score (nSPS) is 32.6. The summed E-state index contributed by atoms with van der Waals surface area (Å²) in [6.45, 7) is 6.85. The summed E-state index contributed by atoms with van der Waals surface area (Å²) in [7, 11) is 0. The van der Waals surface area contributed by atoms with Crippen molar-refractivity contribution >= 4 is 0 Å². The van der Waals surface area contributed by atoms with Gasteiger partial charge in [0, 0.05) is 12.6 Å². The van der Waals surface area contributed by atoms with Gasteiger partial charge in [-0.25, -0.2) is 0 Å². The SMILES string of the molecule is CCNC(C1CCOC2(CCCC2)C1)C1(CC)CCCC1. The molecular weight excluding hydrogens is 258 g/mol. The van der Waals surface area contributed by atoms with Gasteiger partial charge >= 0.3 is 0 Å². The van der Waals surface area contributed by atoms with Gasteiger partial charge in [0.1, 0.15) is 0 Å². The van der Waals surface area contributed by atoms with E-state index in [0.29, 0.717) is 5.41 Å². The van der Waals surface area contributed by atoms with Crippen LogP contribution in [0.5, 0.6) is 0 Å². The van der Waals surface area contributed by atoms with Crippen LogP contribution in [0.15, 0.2) is 0 Å². The first-order valence-electron chi connectivity index (χ1n) is 9.61. The van der Waals surface area contributed by atoms with Gasteiger partial charge in [-0.05, 0) is 62.8 Å². The fraction of sp³-hybridized carbons (Fsp3) is 1.00. The molecule has 122 valence electrons. The fourth-order valence-corrected chi connectivity index (χ4v) is 5.78. The van der Waals surface area contributed by atoms with Crippen LogP contribution in [0.3, 0.4) is 0 Å². The first-order chi connectivity index (χ1) is 10.2. The summed E-state index contributed by atoms with van der Waals surface area (Å²) < 4.78 is 6.29. The minimum Gasteiger partial charge on any atom is -0.375 e.